The molecular formula is C33H54O5. The summed E-state index contributed by atoms with van der Waals surface area (Å²) in [7, 11) is 0. The molecule has 3 unspecified atom stereocenters. The minimum atomic E-state index is -0.346. The number of aliphatic hydroxyl groups excluding tert-OH is 1. The number of esters is 2. The fraction of sp³-hybridized carbons (Fsp3) is 0.818. The maximum atomic E-state index is 12.6. The van der Waals surface area contributed by atoms with Crippen molar-refractivity contribution in [2.75, 3.05) is 19.8 Å². The van der Waals surface area contributed by atoms with Crippen molar-refractivity contribution in [1.29, 1.82) is 0 Å². The summed E-state index contributed by atoms with van der Waals surface area (Å²) in [5.41, 5.74) is 0.188. The van der Waals surface area contributed by atoms with Gasteiger partial charge in [0.2, 0.25) is 0 Å². The van der Waals surface area contributed by atoms with Gasteiger partial charge in [0.05, 0.1) is 32.2 Å². The number of ether oxygens (including phenoxy) is 2. The maximum absolute atomic E-state index is 12.6. The number of rotatable bonds is 21. The van der Waals surface area contributed by atoms with Crippen LogP contribution in [0.15, 0.2) is 24.3 Å². The Morgan fingerprint density at radius 3 is 2.08 bits per heavy atom. The highest BCUT2D eigenvalue weighted by molar-refractivity contribution is 5.70. The predicted molar refractivity (Wildman–Crippen MR) is 152 cm³/mol. The molecule has 1 N–H and O–H groups in total. The summed E-state index contributed by atoms with van der Waals surface area (Å²) in [6.45, 7) is 2.32. The highest BCUT2D eigenvalue weighted by atomic mass is 16.5. The number of unbranched alkanes of at least 4 members (excludes halogenated alkanes) is 8. The van der Waals surface area contributed by atoms with Gasteiger partial charge in [-0.3, -0.25) is 9.59 Å². The highest BCUT2D eigenvalue weighted by Gasteiger charge is 2.58. The molecule has 4 saturated carbocycles. The second kappa shape index (κ2) is 17.2. The molecule has 4 aliphatic rings. The van der Waals surface area contributed by atoms with E-state index in [1.807, 2.05) is 0 Å². The molecule has 0 heterocycles. The quantitative estimate of drug-likeness (QED) is 0.0934. The molecule has 4 bridgehead atoms. The van der Waals surface area contributed by atoms with Gasteiger partial charge in [-0.15, -0.1) is 0 Å². The van der Waals surface area contributed by atoms with E-state index in [-0.39, 0.29) is 43.1 Å². The first-order chi connectivity index (χ1) is 18.5. The van der Waals surface area contributed by atoms with E-state index in [9.17, 15) is 14.7 Å². The number of carbonyl (C=O) groups is 2. The van der Waals surface area contributed by atoms with Crippen molar-refractivity contribution in [2.24, 2.45) is 29.1 Å². The third kappa shape index (κ3) is 10.5. The van der Waals surface area contributed by atoms with Crippen LogP contribution in [0.1, 0.15) is 122 Å². The zero-order chi connectivity index (χ0) is 27.1. The Morgan fingerprint density at radius 1 is 0.816 bits per heavy atom. The zero-order valence-electron chi connectivity index (χ0n) is 24.0. The Balaban J connectivity index is 1.13. The molecular weight excluding hydrogens is 476 g/mol. The lowest BCUT2D eigenvalue weighted by molar-refractivity contribution is -0.151. The van der Waals surface area contributed by atoms with Crippen LogP contribution in [-0.4, -0.2) is 36.9 Å². The van der Waals surface area contributed by atoms with Crippen LogP contribution in [0.25, 0.3) is 0 Å². The average Bonchev–Trinajstić information content (AvgIpc) is 3.28. The van der Waals surface area contributed by atoms with Crippen LogP contribution in [0.4, 0.5) is 0 Å². The van der Waals surface area contributed by atoms with Gasteiger partial charge in [-0.2, -0.15) is 0 Å². The van der Waals surface area contributed by atoms with Crippen LogP contribution >= 0.6 is 0 Å². The molecule has 4 rings (SSSR count). The summed E-state index contributed by atoms with van der Waals surface area (Å²) < 4.78 is 10.9. The van der Waals surface area contributed by atoms with Crippen LogP contribution in [0.2, 0.25) is 0 Å². The third-order valence-electron chi connectivity index (χ3n) is 9.20. The van der Waals surface area contributed by atoms with E-state index in [0.29, 0.717) is 18.8 Å². The SMILES string of the molecule is CCCCC/C=C\C/C=C\CCCCCCCC(=O)OCC(CO)COC(=O)CC12CC3CC(CC1C3)C2. The van der Waals surface area contributed by atoms with Crippen molar-refractivity contribution in [3.8, 4) is 0 Å². The average molecular weight is 531 g/mol. The van der Waals surface area contributed by atoms with Crippen molar-refractivity contribution in [1.82, 2.24) is 0 Å². The number of carbonyl (C=O) groups excluding carboxylic acids is 2. The van der Waals surface area contributed by atoms with Crippen LogP contribution in [0.5, 0.6) is 0 Å². The van der Waals surface area contributed by atoms with E-state index in [0.717, 1.165) is 43.9 Å². The van der Waals surface area contributed by atoms with Crippen molar-refractivity contribution >= 4 is 11.9 Å². The van der Waals surface area contributed by atoms with Crippen LogP contribution < -0.4 is 0 Å². The van der Waals surface area contributed by atoms with Crippen molar-refractivity contribution in [3.63, 3.8) is 0 Å². The van der Waals surface area contributed by atoms with Gasteiger partial charge >= 0.3 is 11.9 Å². The molecule has 0 aliphatic heterocycles. The second-order valence-corrected chi connectivity index (χ2v) is 12.5. The fourth-order valence-corrected chi connectivity index (χ4v) is 7.32. The van der Waals surface area contributed by atoms with Gasteiger partial charge in [0.1, 0.15) is 0 Å². The Hall–Kier alpha value is -1.62. The Labute approximate surface area is 231 Å². The largest absolute Gasteiger partial charge is 0.465 e. The maximum Gasteiger partial charge on any atom is 0.306 e. The lowest BCUT2D eigenvalue weighted by atomic mass is 9.73. The molecule has 0 aromatic heterocycles. The molecule has 5 heteroatoms. The predicted octanol–water partition coefficient (Wildman–Crippen LogP) is 7.71. The standard InChI is InChI=1S/C33H54O5/c1-2-3-4-5-6-7-8-9-10-11-12-13-14-15-16-17-31(35)37-25-29(24-34)26-38-32(36)23-33-21-27-18-28(22-33)20-30(33)19-27/h6-7,9-10,27-30,34H,2-5,8,11-26H2,1H3/b7-6-,10-9-. The molecule has 216 valence electrons. The summed E-state index contributed by atoms with van der Waals surface area (Å²) in [5, 5.41) is 9.65. The molecule has 0 saturated heterocycles. The molecule has 0 aromatic rings. The molecule has 0 spiro atoms. The number of aliphatic hydroxyl groups is 1. The van der Waals surface area contributed by atoms with E-state index in [2.05, 4.69) is 31.2 Å². The molecule has 5 nitrogen and oxygen atoms in total. The third-order valence-corrected chi connectivity index (χ3v) is 9.20. The molecule has 0 amide bonds. The summed E-state index contributed by atoms with van der Waals surface area (Å²) in [6.07, 6.45) is 29.0. The first-order valence-corrected chi connectivity index (χ1v) is 15.8. The van der Waals surface area contributed by atoms with E-state index in [1.54, 1.807) is 0 Å². The van der Waals surface area contributed by atoms with E-state index < -0.39 is 0 Å². The monoisotopic (exact) mass is 530 g/mol. The van der Waals surface area contributed by atoms with Gasteiger partial charge in [-0.05, 0) is 93.8 Å². The lowest BCUT2D eigenvalue weighted by Gasteiger charge is -2.32. The van der Waals surface area contributed by atoms with Crippen molar-refractivity contribution in [3.05, 3.63) is 24.3 Å². The minimum Gasteiger partial charge on any atom is -0.465 e. The Bertz CT molecular complexity index is 742. The topological polar surface area (TPSA) is 72.8 Å². The Morgan fingerprint density at radius 2 is 1.42 bits per heavy atom. The van der Waals surface area contributed by atoms with Crippen LogP contribution in [0, 0.1) is 29.1 Å². The molecule has 38 heavy (non-hydrogen) atoms. The molecule has 4 fully saturated rings. The summed E-state index contributed by atoms with van der Waals surface area (Å²) in [6, 6.07) is 0. The second-order valence-electron chi connectivity index (χ2n) is 12.5. The van der Waals surface area contributed by atoms with Gasteiger partial charge in [0.15, 0.2) is 0 Å². The van der Waals surface area contributed by atoms with E-state index in [1.165, 1.54) is 70.6 Å². The van der Waals surface area contributed by atoms with Gasteiger partial charge in [-0.25, -0.2) is 0 Å². The number of hydrogen-bond acceptors (Lipinski definition) is 5. The molecule has 0 aromatic carbocycles. The summed E-state index contributed by atoms with van der Waals surface area (Å²) in [4.78, 5) is 24.7. The lowest BCUT2D eigenvalue weighted by Crippen LogP contribution is -2.29. The highest BCUT2D eigenvalue weighted by Crippen LogP contribution is 2.66. The van der Waals surface area contributed by atoms with Gasteiger partial charge in [0.25, 0.3) is 0 Å². The molecule has 4 aliphatic carbocycles. The van der Waals surface area contributed by atoms with Crippen LogP contribution in [-0.2, 0) is 19.1 Å². The zero-order valence-corrected chi connectivity index (χ0v) is 24.0. The van der Waals surface area contributed by atoms with E-state index in [4.69, 9.17) is 9.47 Å². The number of allylic oxidation sites excluding steroid dienone is 4. The van der Waals surface area contributed by atoms with Crippen LogP contribution in [0.3, 0.4) is 0 Å². The van der Waals surface area contributed by atoms with Gasteiger partial charge in [0, 0.05) is 6.42 Å². The first-order valence-electron chi connectivity index (χ1n) is 15.8. The fourth-order valence-electron chi connectivity index (χ4n) is 7.32. The summed E-state index contributed by atoms with van der Waals surface area (Å²) in [5.74, 6) is 1.64. The first kappa shape index (κ1) is 30.9. The van der Waals surface area contributed by atoms with Crippen molar-refractivity contribution < 1.29 is 24.2 Å². The van der Waals surface area contributed by atoms with E-state index >= 15 is 0 Å². The normalized spacial score (nSPS) is 26.5. The summed E-state index contributed by atoms with van der Waals surface area (Å²) >= 11 is 0. The Kier molecular flexibility index (Phi) is 14.0. The van der Waals surface area contributed by atoms with Gasteiger partial charge in [-0.1, -0.05) is 63.3 Å². The minimum absolute atomic E-state index is 0.112. The number of hydrogen-bond donors (Lipinski definition) is 1. The molecule has 3 atom stereocenters. The van der Waals surface area contributed by atoms with Crippen molar-refractivity contribution in [2.45, 2.75) is 122 Å². The smallest absolute Gasteiger partial charge is 0.306 e. The molecule has 0 radical (unpaired) electrons. The van der Waals surface area contributed by atoms with Gasteiger partial charge < -0.3 is 14.6 Å².